The van der Waals surface area contributed by atoms with Crippen LogP contribution in [0.15, 0.2) is 12.2 Å². The summed E-state index contributed by atoms with van der Waals surface area (Å²) in [5, 5.41) is 0. The van der Waals surface area contributed by atoms with Gasteiger partial charge in [0.05, 0.1) is 34.3 Å². The Kier molecular flexibility index (Phi) is 4.85. The van der Waals surface area contributed by atoms with Crippen LogP contribution < -0.4 is 0 Å². The van der Waals surface area contributed by atoms with E-state index in [1.807, 2.05) is 0 Å². The summed E-state index contributed by atoms with van der Waals surface area (Å²) < 4.78 is 5.94. The molecule has 0 aromatic carbocycles. The quantitative estimate of drug-likeness (QED) is 0.381. The third-order valence-electron chi connectivity index (χ3n) is 1.71. The van der Waals surface area contributed by atoms with Crippen LogP contribution in [0, 0.1) is 5.92 Å². The Morgan fingerprint density at radius 3 is 2.29 bits per heavy atom. The van der Waals surface area contributed by atoms with Gasteiger partial charge in [-0.05, 0) is 6.92 Å². The number of hydrogen-bond acceptors (Lipinski definition) is 2. The lowest BCUT2D eigenvalue weighted by Gasteiger charge is -2.27. The molecule has 14 heavy (non-hydrogen) atoms. The molecule has 1 atom stereocenters. The standard InChI is InChI=1S/C11H22NO2/c1-9(2)11(13)14-8-10(3)7-12(4,5)6/h10H,1,7-8H2,2-6H3/q+1. The molecule has 0 saturated carbocycles. The molecule has 0 heterocycles. The van der Waals surface area contributed by atoms with Crippen LogP contribution in [0.1, 0.15) is 13.8 Å². The summed E-state index contributed by atoms with van der Waals surface area (Å²) in [5.74, 6) is 0.0801. The zero-order valence-electron chi connectivity index (χ0n) is 9.96. The molecule has 0 spiro atoms. The van der Waals surface area contributed by atoms with Crippen LogP contribution in [-0.2, 0) is 9.53 Å². The highest BCUT2D eigenvalue weighted by molar-refractivity contribution is 5.86. The summed E-state index contributed by atoms with van der Waals surface area (Å²) in [6.07, 6.45) is 0. The maximum atomic E-state index is 11.1. The molecule has 3 nitrogen and oxygen atoms in total. The first-order chi connectivity index (χ1) is 6.22. The van der Waals surface area contributed by atoms with Crippen LogP contribution in [-0.4, -0.2) is 44.7 Å². The van der Waals surface area contributed by atoms with E-state index in [0.717, 1.165) is 11.0 Å². The number of carbonyl (C=O) groups is 1. The van der Waals surface area contributed by atoms with Crippen molar-refractivity contribution in [1.29, 1.82) is 0 Å². The monoisotopic (exact) mass is 200 g/mol. The number of quaternary nitrogens is 1. The molecule has 0 aromatic rings. The van der Waals surface area contributed by atoms with E-state index in [2.05, 4.69) is 34.6 Å². The second kappa shape index (κ2) is 5.15. The van der Waals surface area contributed by atoms with Gasteiger partial charge in [-0.25, -0.2) is 4.79 Å². The molecule has 3 heteroatoms. The summed E-state index contributed by atoms with van der Waals surface area (Å²) in [7, 11) is 6.37. The molecule has 0 aliphatic carbocycles. The fourth-order valence-corrected chi connectivity index (χ4v) is 1.33. The molecule has 1 unspecified atom stereocenters. The number of hydrogen-bond donors (Lipinski definition) is 0. The largest absolute Gasteiger partial charge is 0.462 e. The van der Waals surface area contributed by atoms with E-state index in [9.17, 15) is 4.79 Å². The van der Waals surface area contributed by atoms with Crippen molar-refractivity contribution in [3.63, 3.8) is 0 Å². The van der Waals surface area contributed by atoms with Crippen molar-refractivity contribution in [2.24, 2.45) is 5.92 Å². The van der Waals surface area contributed by atoms with Gasteiger partial charge in [0, 0.05) is 11.5 Å². The summed E-state index contributed by atoms with van der Waals surface area (Å²) >= 11 is 0. The van der Waals surface area contributed by atoms with Gasteiger partial charge in [0.15, 0.2) is 0 Å². The highest BCUT2D eigenvalue weighted by Crippen LogP contribution is 2.04. The van der Waals surface area contributed by atoms with Gasteiger partial charge in [0.25, 0.3) is 0 Å². The third-order valence-corrected chi connectivity index (χ3v) is 1.71. The molecule has 82 valence electrons. The van der Waals surface area contributed by atoms with Gasteiger partial charge in [-0.1, -0.05) is 13.5 Å². The second-order valence-electron chi connectivity index (χ2n) is 4.96. The van der Waals surface area contributed by atoms with Crippen LogP contribution in [0.5, 0.6) is 0 Å². The Morgan fingerprint density at radius 2 is 1.93 bits per heavy atom. The van der Waals surface area contributed by atoms with E-state index in [4.69, 9.17) is 4.74 Å². The molecule has 0 aliphatic heterocycles. The Hall–Kier alpha value is -0.830. The average Bonchev–Trinajstić information content (AvgIpc) is 1.96. The lowest BCUT2D eigenvalue weighted by atomic mass is 10.2. The molecule has 0 bridgehead atoms. The van der Waals surface area contributed by atoms with Crippen molar-refractivity contribution in [3.05, 3.63) is 12.2 Å². The van der Waals surface area contributed by atoms with Crippen LogP contribution in [0.2, 0.25) is 0 Å². The predicted octanol–water partition coefficient (Wildman–Crippen LogP) is 1.45. The minimum Gasteiger partial charge on any atom is -0.462 e. The molecule has 0 aliphatic rings. The lowest BCUT2D eigenvalue weighted by Crippen LogP contribution is -2.39. The highest BCUT2D eigenvalue weighted by atomic mass is 16.5. The van der Waals surface area contributed by atoms with Crippen LogP contribution in [0.3, 0.4) is 0 Å². The molecular formula is C11H22NO2+. The van der Waals surface area contributed by atoms with E-state index >= 15 is 0 Å². The second-order valence-corrected chi connectivity index (χ2v) is 4.96. The number of ether oxygens (including phenoxy) is 1. The van der Waals surface area contributed by atoms with Crippen molar-refractivity contribution in [2.75, 3.05) is 34.3 Å². The van der Waals surface area contributed by atoms with Gasteiger partial charge < -0.3 is 9.22 Å². The van der Waals surface area contributed by atoms with Gasteiger partial charge in [-0.15, -0.1) is 0 Å². The zero-order chi connectivity index (χ0) is 11.4. The average molecular weight is 200 g/mol. The zero-order valence-corrected chi connectivity index (χ0v) is 9.96. The SMILES string of the molecule is C=C(C)C(=O)OCC(C)C[N+](C)(C)C. The minimum atomic E-state index is -0.293. The third kappa shape index (κ3) is 6.66. The maximum Gasteiger partial charge on any atom is 0.333 e. The number of carbonyl (C=O) groups excluding carboxylic acids is 1. The number of nitrogens with zero attached hydrogens (tertiary/aromatic N) is 1. The molecule has 0 rings (SSSR count). The van der Waals surface area contributed by atoms with E-state index in [0.29, 0.717) is 18.1 Å². The van der Waals surface area contributed by atoms with Crippen molar-refractivity contribution in [2.45, 2.75) is 13.8 Å². The van der Waals surface area contributed by atoms with Gasteiger partial charge in [-0.2, -0.15) is 0 Å². The minimum absolute atomic E-state index is 0.293. The molecular weight excluding hydrogens is 178 g/mol. The molecule has 0 saturated heterocycles. The van der Waals surface area contributed by atoms with E-state index < -0.39 is 0 Å². The van der Waals surface area contributed by atoms with Gasteiger partial charge in [0.2, 0.25) is 0 Å². The summed E-state index contributed by atoms with van der Waals surface area (Å²) in [6.45, 7) is 8.73. The highest BCUT2D eigenvalue weighted by Gasteiger charge is 2.15. The molecule has 0 aromatic heterocycles. The number of esters is 1. The first-order valence-electron chi connectivity index (χ1n) is 4.85. The van der Waals surface area contributed by atoms with Crippen LogP contribution in [0.25, 0.3) is 0 Å². The fourth-order valence-electron chi connectivity index (χ4n) is 1.33. The van der Waals surface area contributed by atoms with Gasteiger partial charge >= 0.3 is 5.97 Å². The summed E-state index contributed by atoms with van der Waals surface area (Å²) in [4.78, 5) is 11.1. The number of rotatable bonds is 5. The fraction of sp³-hybridized carbons (Fsp3) is 0.727. The Labute approximate surface area is 86.9 Å². The first-order valence-corrected chi connectivity index (χ1v) is 4.85. The molecule has 0 radical (unpaired) electrons. The topological polar surface area (TPSA) is 26.3 Å². The molecule has 0 amide bonds. The first kappa shape index (κ1) is 13.2. The van der Waals surface area contributed by atoms with E-state index in [-0.39, 0.29) is 5.97 Å². The smallest absolute Gasteiger partial charge is 0.333 e. The molecule has 0 N–H and O–H groups in total. The summed E-state index contributed by atoms with van der Waals surface area (Å²) in [6, 6.07) is 0. The predicted molar refractivity (Wildman–Crippen MR) is 57.8 cm³/mol. The maximum absolute atomic E-state index is 11.1. The van der Waals surface area contributed by atoms with Crippen molar-refractivity contribution in [3.8, 4) is 0 Å². The van der Waals surface area contributed by atoms with Crippen molar-refractivity contribution < 1.29 is 14.0 Å². The molecule has 0 fully saturated rings. The van der Waals surface area contributed by atoms with Gasteiger partial charge in [-0.3, -0.25) is 0 Å². The van der Waals surface area contributed by atoms with Crippen molar-refractivity contribution in [1.82, 2.24) is 0 Å². The van der Waals surface area contributed by atoms with Crippen LogP contribution in [0.4, 0.5) is 0 Å². The Morgan fingerprint density at radius 1 is 1.43 bits per heavy atom. The van der Waals surface area contributed by atoms with E-state index in [1.54, 1.807) is 6.92 Å². The summed E-state index contributed by atoms with van der Waals surface area (Å²) in [5.41, 5.74) is 0.461. The lowest BCUT2D eigenvalue weighted by molar-refractivity contribution is -0.873. The van der Waals surface area contributed by atoms with Crippen molar-refractivity contribution >= 4 is 5.97 Å². The van der Waals surface area contributed by atoms with E-state index in [1.165, 1.54) is 0 Å². The Balaban J connectivity index is 3.80. The normalized spacial score (nSPS) is 13.5. The van der Waals surface area contributed by atoms with Crippen LogP contribution >= 0.6 is 0 Å². The Bertz CT molecular complexity index is 216. The van der Waals surface area contributed by atoms with Gasteiger partial charge in [0.1, 0.15) is 0 Å².